The highest BCUT2D eigenvalue weighted by Crippen LogP contribution is 2.33. The molecule has 0 fully saturated rings. The lowest BCUT2D eigenvalue weighted by Gasteiger charge is -2.25. The van der Waals surface area contributed by atoms with Gasteiger partial charge in [0.25, 0.3) is 0 Å². The van der Waals surface area contributed by atoms with Gasteiger partial charge in [0.05, 0.1) is 11.5 Å². The molecule has 1 aromatic carbocycles. The number of carboxylic acid groups (broad SMARTS) is 1. The fourth-order valence-electron chi connectivity index (χ4n) is 1.58. The molecule has 1 aromatic rings. The molecule has 3 nitrogen and oxygen atoms in total. The normalized spacial score (nSPS) is 13.8. The summed E-state index contributed by atoms with van der Waals surface area (Å²) in [5, 5.41) is 17.8. The van der Waals surface area contributed by atoms with E-state index >= 15 is 0 Å². The monoisotopic (exact) mass is 299 g/mol. The summed E-state index contributed by atoms with van der Waals surface area (Å²) in [6.45, 7) is 1.43. The molecule has 0 spiro atoms. The van der Waals surface area contributed by atoms with Gasteiger partial charge in [-0.15, -0.1) is 0 Å². The van der Waals surface area contributed by atoms with E-state index in [2.05, 4.69) is 15.9 Å². The van der Waals surface area contributed by atoms with Crippen molar-refractivity contribution in [2.24, 2.45) is 0 Å². The molecule has 1 atom stereocenters. The van der Waals surface area contributed by atoms with Crippen molar-refractivity contribution < 1.29 is 14.3 Å². The maximum atomic E-state index is 13.7. The van der Waals surface area contributed by atoms with Gasteiger partial charge in [0.1, 0.15) is 5.82 Å². The van der Waals surface area contributed by atoms with Crippen LogP contribution in [0.5, 0.6) is 0 Å². The zero-order chi connectivity index (χ0) is 13.1. The number of nitriles is 1. The van der Waals surface area contributed by atoms with E-state index in [1.807, 2.05) is 6.07 Å². The molecule has 0 aliphatic heterocycles. The van der Waals surface area contributed by atoms with E-state index in [1.165, 1.54) is 25.1 Å². The average Bonchev–Trinajstić information content (AvgIpc) is 2.29. The lowest BCUT2D eigenvalue weighted by molar-refractivity contribution is -0.143. The zero-order valence-corrected chi connectivity index (χ0v) is 10.8. The first-order valence-corrected chi connectivity index (χ1v) is 5.77. The Bertz CT molecular complexity index is 484. The van der Waals surface area contributed by atoms with E-state index in [9.17, 15) is 14.3 Å². The van der Waals surface area contributed by atoms with Gasteiger partial charge in [0.2, 0.25) is 0 Å². The van der Waals surface area contributed by atoms with Crippen molar-refractivity contribution in [1.82, 2.24) is 0 Å². The van der Waals surface area contributed by atoms with Gasteiger partial charge in [-0.1, -0.05) is 15.9 Å². The predicted octanol–water partition coefficient (Wildman–Crippen LogP) is 3.23. The van der Waals surface area contributed by atoms with Crippen LogP contribution in [0.25, 0.3) is 0 Å². The Morgan fingerprint density at radius 1 is 1.65 bits per heavy atom. The van der Waals surface area contributed by atoms with Crippen molar-refractivity contribution in [2.45, 2.75) is 25.2 Å². The smallest absolute Gasteiger partial charge is 0.313 e. The highest BCUT2D eigenvalue weighted by Gasteiger charge is 2.37. The number of halogens is 2. The number of carboxylic acids is 1. The standard InChI is InChI=1S/C12H11BrFNO2/c1-12(11(16)17,5-2-6-15)9-7-8(13)3-4-10(9)14/h3-4,7H,2,5H2,1H3,(H,16,17). The summed E-state index contributed by atoms with van der Waals surface area (Å²) in [5.41, 5.74) is -1.29. The quantitative estimate of drug-likeness (QED) is 0.928. The van der Waals surface area contributed by atoms with Gasteiger partial charge in [0, 0.05) is 16.5 Å². The SMILES string of the molecule is CC(CCC#N)(C(=O)O)c1cc(Br)ccc1F. The molecule has 1 unspecified atom stereocenters. The van der Waals surface area contributed by atoms with E-state index in [-0.39, 0.29) is 18.4 Å². The second-order valence-electron chi connectivity index (χ2n) is 3.92. The van der Waals surface area contributed by atoms with Gasteiger partial charge < -0.3 is 5.11 Å². The molecule has 0 heterocycles. The number of hydrogen-bond donors (Lipinski definition) is 1. The van der Waals surface area contributed by atoms with Crippen molar-refractivity contribution in [3.05, 3.63) is 34.1 Å². The highest BCUT2D eigenvalue weighted by atomic mass is 79.9. The van der Waals surface area contributed by atoms with Crippen LogP contribution in [0.1, 0.15) is 25.3 Å². The number of nitrogens with zero attached hydrogens (tertiary/aromatic N) is 1. The maximum Gasteiger partial charge on any atom is 0.313 e. The van der Waals surface area contributed by atoms with Crippen molar-refractivity contribution in [2.75, 3.05) is 0 Å². The van der Waals surface area contributed by atoms with Crippen molar-refractivity contribution in [3.63, 3.8) is 0 Å². The largest absolute Gasteiger partial charge is 0.481 e. The molecule has 5 heteroatoms. The molecule has 0 radical (unpaired) electrons. The minimum Gasteiger partial charge on any atom is -0.481 e. The minimum atomic E-state index is -1.39. The Morgan fingerprint density at radius 2 is 2.29 bits per heavy atom. The number of benzene rings is 1. The molecule has 0 amide bonds. The second kappa shape index (κ2) is 5.28. The Labute approximate surface area is 107 Å². The molecule has 90 valence electrons. The molecule has 0 bridgehead atoms. The van der Waals surface area contributed by atoms with Gasteiger partial charge in [0.15, 0.2) is 0 Å². The van der Waals surface area contributed by atoms with Gasteiger partial charge >= 0.3 is 5.97 Å². The molecule has 17 heavy (non-hydrogen) atoms. The molecule has 0 saturated heterocycles. The van der Waals surface area contributed by atoms with Crippen molar-refractivity contribution >= 4 is 21.9 Å². The van der Waals surface area contributed by atoms with Crippen LogP contribution in [0.2, 0.25) is 0 Å². The lowest BCUT2D eigenvalue weighted by Crippen LogP contribution is -2.33. The molecule has 0 saturated carbocycles. The average molecular weight is 300 g/mol. The van der Waals surface area contributed by atoms with Gasteiger partial charge in [-0.2, -0.15) is 5.26 Å². The second-order valence-corrected chi connectivity index (χ2v) is 4.84. The lowest BCUT2D eigenvalue weighted by atomic mass is 9.78. The number of hydrogen-bond acceptors (Lipinski definition) is 2. The first kappa shape index (κ1) is 13.7. The van der Waals surface area contributed by atoms with E-state index in [0.717, 1.165) is 0 Å². The summed E-state index contributed by atoms with van der Waals surface area (Å²) in [4.78, 5) is 11.3. The van der Waals surface area contributed by atoms with Gasteiger partial charge in [-0.25, -0.2) is 4.39 Å². The summed E-state index contributed by atoms with van der Waals surface area (Å²) < 4.78 is 14.3. The maximum absolute atomic E-state index is 13.7. The molecule has 0 aromatic heterocycles. The predicted molar refractivity (Wildman–Crippen MR) is 63.9 cm³/mol. The molecular weight excluding hydrogens is 289 g/mol. The van der Waals surface area contributed by atoms with Crippen molar-refractivity contribution in [1.29, 1.82) is 5.26 Å². The summed E-state index contributed by atoms with van der Waals surface area (Å²) in [5.74, 6) is -1.71. The first-order chi connectivity index (χ1) is 7.91. The Hall–Kier alpha value is -1.41. The fourth-order valence-corrected chi connectivity index (χ4v) is 1.94. The van der Waals surface area contributed by atoms with Crippen LogP contribution in [0, 0.1) is 17.1 Å². The molecular formula is C12H11BrFNO2. The van der Waals surface area contributed by atoms with E-state index in [0.29, 0.717) is 4.47 Å². The summed E-state index contributed by atoms with van der Waals surface area (Å²) >= 11 is 3.18. The van der Waals surface area contributed by atoms with Gasteiger partial charge in [-0.3, -0.25) is 4.79 Å². The van der Waals surface area contributed by atoms with E-state index < -0.39 is 17.2 Å². The van der Waals surface area contributed by atoms with Crippen LogP contribution in [0.4, 0.5) is 4.39 Å². The third kappa shape index (κ3) is 2.83. The molecule has 0 aliphatic carbocycles. The van der Waals surface area contributed by atoms with Gasteiger partial charge in [-0.05, 0) is 31.5 Å². The van der Waals surface area contributed by atoms with Crippen LogP contribution in [0.3, 0.4) is 0 Å². The Balaban J connectivity index is 3.27. The third-order valence-corrected chi connectivity index (χ3v) is 3.22. The molecule has 1 rings (SSSR count). The Morgan fingerprint density at radius 3 is 2.82 bits per heavy atom. The van der Waals surface area contributed by atoms with Crippen LogP contribution in [0.15, 0.2) is 22.7 Å². The molecule has 1 N–H and O–H groups in total. The Kier molecular flexibility index (Phi) is 4.24. The molecule has 0 aliphatic rings. The number of rotatable bonds is 4. The third-order valence-electron chi connectivity index (χ3n) is 2.73. The van der Waals surface area contributed by atoms with E-state index in [1.54, 1.807) is 0 Å². The van der Waals surface area contributed by atoms with Crippen LogP contribution in [-0.2, 0) is 10.2 Å². The van der Waals surface area contributed by atoms with Crippen LogP contribution >= 0.6 is 15.9 Å². The van der Waals surface area contributed by atoms with E-state index in [4.69, 9.17) is 5.26 Å². The van der Waals surface area contributed by atoms with Crippen molar-refractivity contribution in [3.8, 4) is 6.07 Å². The summed E-state index contributed by atoms with van der Waals surface area (Å²) in [6.07, 6.45) is 0.140. The highest BCUT2D eigenvalue weighted by molar-refractivity contribution is 9.10. The van der Waals surface area contributed by atoms with Crippen LogP contribution < -0.4 is 0 Å². The minimum absolute atomic E-state index is 0.0642. The summed E-state index contributed by atoms with van der Waals surface area (Å²) in [6, 6.07) is 6.05. The fraction of sp³-hybridized carbons (Fsp3) is 0.333. The number of carbonyl (C=O) groups is 1. The first-order valence-electron chi connectivity index (χ1n) is 4.97. The number of aliphatic carboxylic acids is 1. The zero-order valence-electron chi connectivity index (χ0n) is 9.20. The topological polar surface area (TPSA) is 61.1 Å². The summed E-state index contributed by atoms with van der Waals surface area (Å²) in [7, 11) is 0. The van der Waals surface area contributed by atoms with Crippen LogP contribution in [-0.4, -0.2) is 11.1 Å².